The summed E-state index contributed by atoms with van der Waals surface area (Å²) < 4.78 is 14.0. The van der Waals surface area contributed by atoms with Crippen molar-refractivity contribution < 1.29 is 9.50 Å². The molecule has 4 heteroatoms. The van der Waals surface area contributed by atoms with Gasteiger partial charge < -0.3 is 10.4 Å². The van der Waals surface area contributed by atoms with Gasteiger partial charge in [0.25, 0.3) is 0 Å². The van der Waals surface area contributed by atoms with E-state index in [9.17, 15) is 9.50 Å². The van der Waals surface area contributed by atoms with Gasteiger partial charge in [0.2, 0.25) is 0 Å². The van der Waals surface area contributed by atoms with Crippen LogP contribution in [0, 0.1) is 24.6 Å². The molecule has 2 unspecified atom stereocenters. The molecule has 0 aliphatic rings. The molecule has 142 valence electrons. The van der Waals surface area contributed by atoms with Gasteiger partial charge in [0.05, 0.1) is 0 Å². The summed E-state index contributed by atoms with van der Waals surface area (Å²) in [6.07, 6.45) is 1.42. The maximum Gasteiger partial charge on any atom is 0.127 e. The molecule has 2 nitrogen and oxygen atoms in total. The molecule has 0 fully saturated rings. The van der Waals surface area contributed by atoms with E-state index in [4.69, 9.17) is 11.6 Å². The summed E-state index contributed by atoms with van der Waals surface area (Å²) in [5.74, 6) is 0.136. The molecule has 0 aliphatic carbocycles. The summed E-state index contributed by atoms with van der Waals surface area (Å²) >= 11 is 6.14. The molecule has 26 heavy (non-hydrogen) atoms. The van der Waals surface area contributed by atoms with Crippen molar-refractivity contribution in [2.45, 2.75) is 39.7 Å². The Kier molecular flexibility index (Phi) is 8.08. The van der Waals surface area contributed by atoms with Crippen LogP contribution in [0.15, 0.2) is 42.5 Å². The van der Waals surface area contributed by atoms with Crippen molar-refractivity contribution >= 4 is 11.6 Å². The average Bonchev–Trinajstić information content (AvgIpc) is 2.60. The molecule has 0 amide bonds. The lowest BCUT2D eigenvalue weighted by atomic mass is 9.92. The van der Waals surface area contributed by atoms with E-state index in [1.807, 2.05) is 6.07 Å². The Balaban J connectivity index is 2.09. The van der Waals surface area contributed by atoms with E-state index in [1.165, 1.54) is 17.2 Å². The summed E-state index contributed by atoms with van der Waals surface area (Å²) in [4.78, 5) is 0. The molecule has 0 bridgehead atoms. The number of hydrogen-bond donors (Lipinski definition) is 2. The van der Waals surface area contributed by atoms with E-state index in [-0.39, 0.29) is 24.4 Å². The third kappa shape index (κ3) is 5.80. The van der Waals surface area contributed by atoms with Gasteiger partial charge in [-0.1, -0.05) is 55.8 Å². The number of aliphatic hydroxyl groups excluding tert-OH is 1. The fraction of sp³-hybridized carbons (Fsp3) is 0.455. The molecular formula is C22H29ClFNO. The molecule has 2 rings (SSSR count). The normalized spacial score (nSPS) is 13.8. The van der Waals surface area contributed by atoms with Crippen LogP contribution >= 0.6 is 11.6 Å². The number of aliphatic hydroxyl groups is 1. The van der Waals surface area contributed by atoms with E-state index in [0.717, 1.165) is 6.42 Å². The molecule has 0 aliphatic heterocycles. The second kappa shape index (κ2) is 10.1. The number of benzene rings is 2. The van der Waals surface area contributed by atoms with Gasteiger partial charge in [-0.2, -0.15) is 0 Å². The molecule has 2 aromatic carbocycles. The van der Waals surface area contributed by atoms with Crippen LogP contribution in [-0.4, -0.2) is 18.3 Å². The predicted molar refractivity (Wildman–Crippen MR) is 107 cm³/mol. The molecule has 0 heterocycles. The maximum absolute atomic E-state index is 14.0. The summed E-state index contributed by atoms with van der Waals surface area (Å²) in [6.45, 7) is 7.12. The van der Waals surface area contributed by atoms with Crippen molar-refractivity contribution in [2.24, 2.45) is 11.8 Å². The van der Waals surface area contributed by atoms with Gasteiger partial charge in [-0.05, 0) is 54.9 Å². The fourth-order valence-electron chi connectivity index (χ4n) is 3.30. The molecule has 0 saturated carbocycles. The molecule has 2 atom stereocenters. The lowest BCUT2D eigenvalue weighted by Gasteiger charge is -2.25. The van der Waals surface area contributed by atoms with E-state index in [2.05, 4.69) is 44.3 Å². The third-order valence-electron chi connectivity index (χ3n) is 4.74. The SMILES string of the molecule is Cc1ccccc1C(CC(C)C)NCC(CO)Cc1c(F)cccc1Cl. The van der Waals surface area contributed by atoms with Gasteiger partial charge in [-0.25, -0.2) is 4.39 Å². The monoisotopic (exact) mass is 377 g/mol. The van der Waals surface area contributed by atoms with Crippen molar-refractivity contribution in [3.05, 3.63) is 70.0 Å². The Morgan fingerprint density at radius 2 is 1.85 bits per heavy atom. The first-order valence-corrected chi connectivity index (χ1v) is 9.62. The van der Waals surface area contributed by atoms with Gasteiger partial charge in [0.1, 0.15) is 5.82 Å². The molecule has 0 saturated heterocycles. The van der Waals surface area contributed by atoms with Crippen molar-refractivity contribution in [3.63, 3.8) is 0 Å². The Morgan fingerprint density at radius 1 is 1.12 bits per heavy atom. The first kappa shape index (κ1) is 20.9. The lowest BCUT2D eigenvalue weighted by molar-refractivity contribution is 0.215. The molecule has 0 radical (unpaired) electrons. The minimum absolute atomic E-state index is 0.0141. The third-order valence-corrected chi connectivity index (χ3v) is 5.09. The largest absolute Gasteiger partial charge is 0.396 e. The number of hydrogen-bond acceptors (Lipinski definition) is 2. The average molecular weight is 378 g/mol. The fourth-order valence-corrected chi connectivity index (χ4v) is 3.54. The van der Waals surface area contributed by atoms with Crippen LogP contribution < -0.4 is 5.32 Å². The Hall–Kier alpha value is -1.42. The van der Waals surface area contributed by atoms with Crippen molar-refractivity contribution in [1.82, 2.24) is 5.32 Å². The van der Waals surface area contributed by atoms with E-state index < -0.39 is 0 Å². The first-order chi connectivity index (χ1) is 12.4. The topological polar surface area (TPSA) is 32.3 Å². The molecule has 0 aromatic heterocycles. The van der Waals surface area contributed by atoms with Crippen LogP contribution in [0.5, 0.6) is 0 Å². The van der Waals surface area contributed by atoms with Gasteiger partial charge in [0, 0.05) is 29.8 Å². The van der Waals surface area contributed by atoms with Crippen LogP contribution in [0.25, 0.3) is 0 Å². The van der Waals surface area contributed by atoms with Crippen molar-refractivity contribution in [3.8, 4) is 0 Å². The molecule has 2 N–H and O–H groups in total. The minimum atomic E-state index is -0.311. The van der Waals surface area contributed by atoms with E-state index in [0.29, 0.717) is 29.5 Å². The summed E-state index contributed by atoms with van der Waals surface area (Å²) in [5.41, 5.74) is 3.01. The summed E-state index contributed by atoms with van der Waals surface area (Å²) in [6, 6.07) is 13.3. The number of aryl methyl sites for hydroxylation is 1. The number of nitrogens with one attached hydrogen (secondary N) is 1. The highest BCUT2D eigenvalue weighted by Gasteiger charge is 2.19. The Bertz CT molecular complexity index is 684. The predicted octanol–water partition coefficient (Wildman–Crippen LogP) is 5.32. The quantitative estimate of drug-likeness (QED) is 0.620. The Morgan fingerprint density at radius 3 is 2.46 bits per heavy atom. The van der Waals surface area contributed by atoms with E-state index >= 15 is 0 Å². The summed E-state index contributed by atoms with van der Waals surface area (Å²) in [7, 11) is 0. The van der Waals surface area contributed by atoms with Gasteiger partial charge >= 0.3 is 0 Å². The second-order valence-corrected chi connectivity index (χ2v) is 7.81. The maximum atomic E-state index is 14.0. The lowest BCUT2D eigenvalue weighted by Crippen LogP contribution is -2.31. The minimum Gasteiger partial charge on any atom is -0.396 e. The van der Waals surface area contributed by atoms with Crippen molar-refractivity contribution in [1.29, 1.82) is 0 Å². The standard InChI is InChI=1S/C22H29ClFNO/c1-15(2)11-22(18-8-5-4-7-16(18)3)25-13-17(14-26)12-19-20(23)9-6-10-21(19)24/h4-10,15,17,22,25-26H,11-14H2,1-3H3. The van der Waals surface area contributed by atoms with Gasteiger partial charge in [-0.15, -0.1) is 0 Å². The summed E-state index contributed by atoms with van der Waals surface area (Å²) in [5, 5.41) is 13.8. The first-order valence-electron chi connectivity index (χ1n) is 9.25. The van der Waals surface area contributed by atoms with Gasteiger partial charge in [-0.3, -0.25) is 0 Å². The number of rotatable bonds is 9. The highest BCUT2D eigenvalue weighted by atomic mass is 35.5. The highest BCUT2D eigenvalue weighted by Crippen LogP contribution is 2.26. The van der Waals surface area contributed by atoms with Crippen molar-refractivity contribution in [2.75, 3.05) is 13.2 Å². The zero-order chi connectivity index (χ0) is 19.1. The number of halogens is 2. The van der Waals surface area contributed by atoms with Crippen LogP contribution in [0.2, 0.25) is 5.02 Å². The smallest absolute Gasteiger partial charge is 0.127 e. The zero-order valence-corrected chi connectivity index (χ0v) is 16.6. The van der Waals surface area contributed by atoms with Crippen LogP contribution in [0.3, 0.4) is 0 Å². The van der Waals surface area contributed by atoms with Crippen LogP contribution in [0.4, 0.5) is 4.39 Å². The van der Waals surface area contributed by atoms with E-state index in [1.54, 1.807) is 12.1 Å². The second-order valence-electron chi connectivity index (χ2n) is 7.40. The molecule has 2 aromatic rings. The Labute approximate surface area is 161 Å². The van der Waals surface area contributed by atoms with Gasteiger partial charge in [0.15, 0.2) is 0 Å². The highest BCUT2D eigenvalue weighted by molar-refractivity contribution is 6.31. The molecule has 0 spiro atoms. The van der Waals surface area contributed by atoms with Crippen LogP contribution in [-0.2, 0) is 6.42 Å². The van der Waals surface area contributed by atoms with Crippen LogP contribution in [0.1, 0.15) is 43.0 Å². The molecular weight excluding hydrogens is 349 g/mol. The zero-order valence-electron chi connectivity index (χ0n) is 15.8.